The molecular formula is C21H32F6O4. The summed E-state index contributed by atoms with van der Waals surface area (Å²) in [5, 5.41) is 9.84. The lowest BCUT2D eigenvalue weighted by molar-refractivity contribution is -0.420. The van der Waals surface area contributed by atoms with E-state index in [0.717, 1.165) is 0 Å². The van der Waals surface area contributed by atoms with Crippen molar-refractivity contribution in [1.82, 2.24) is 0 Å². The zero-order chi connectivity index (χ0) is 24.3. The van der Waals surface area contributed by atoms with Gasteiger partial charge >= 0.3 is 18.3 Å². The van der Waals surface area contributed by atoms with Crippen molar-refractivity contribution in [2.45, 2.75) is 114 Å². The van der Waals surface area contributed by atoms with Crippen LogP contribution in [0.1, 0.15) is 79.1 Å². The first-order valence-electron chi connectivity index (χ1n) is 10.3. The van der Waals surface area contributed by atoms with Gasteiger partial charge in [0.1, 0.15) is 11.7 Å². The molecular weight excluding hydrogens is 430 g/mol. The van der Waals surface area contributed by atoms with Crippen LogP contribution in [0.25, 0.3) is 0 Å². The van der Waals surface area contributed by atoms with E-state index in [2.05, 4.69) is 6.58 Å². The predicted octanol–water partition coefficient (Wildman–Crippen LogP) is 6.02. The summed E-state index contributed by atoms with van der Waals surface area (Å²) in [6.07, 6.45) is -8.81. The van der Waals surface area contributed by atoms with E-state index < -0.39 is 41.2 Å². The Kier molecular flexibility index (Phi) is 8.67. The van der Waals surface area contributed by atoms with Gasteiger partial charge in [0.2, 0.25) is 0 Å². The quantitative estimate of drug-likeness (QED) is 0.309. The highest BCUT2D eigenvalue weighted by atomic mass is 19.4. The smallest absolute Gasteiger partial charge is 0.429 e. The average molecular weight is 462 g/mol. The molecule has 1 N–H and O–H groups in total. The van der Waals surface area contributed by atoms with Gasteiger partial charge in [-0.3, -0.25) is 0 Å². The standard InChI is InChI=1S/C21H32F6O4/c1-14(2)16(28)30-15-10-7-6-8-12-18(5,13-9-11-15)31-17(3,4)19(29,20(22,23)24)21(25,26)27/h15,29H,1,6-13H2,2-5H3. The van der Waals surface area contributed by atoms with Gasteiger partial charge in [0, 0.05) is 5.57 Å². The Morgan fingerprint density at radius 3 is 1.94 bits per heavy atom. The summed E-state index contributed by atoms with van der Waals surface area (Å²) in [4.78, 5) is 11.8. The summed E-state index contributed by atoms with van der Waals surface area (Å²) in [5.74, 6) is -0.539. The molecule has 1 fully saturated rings. The van der Waals surface area contributed by atoms with Gasteiger partial charge in [0.05, 0.1) is 5.60 Å². The van der Waals surface area contributed by atoms with Gasteiger partial charge in [-0.2, -0.15) is 26.3 Å². The normalized spacial score (nSPS) is 25.1. The molecule has 2 atom stereocenters. The third-order valence-electron chi connectivity index (χ3n) is 5.78. The third kappa shape index (κ3) is 6.60. The maximum atomic E-state index is 13.4. The Labute approximate surface area is 179 Å². The van der Waals surface area contributed by atoms with E-state index in [4.69, 9.17) is 9.47 Å². The van der Waals surface area contributed by atoms with Crippen molar-refractivity contribution in [3.05, 3.63) is 12.2 Å². The molecule has 4 nitrogen and oxygen atoms in total. The van der Waals surface area contributed by atoms with Gasteiger partial charge in [0.15, 0.2) is 0 Å². The topological polar surface area (TPSA) is 55.8 Å². The van der Waals surface area contributed by atoms with Gasteiger partial charge < -0.3 is 14.6 Å². The van der Waals surface area contributed by atoms with E-state index in [1.807, 2.05) is 0 Å². The summed E-state index contributed by atoms with van der Waals surface area (Å²) >= 11 is 0. The third-order valence-corrected chi connectivity index (χ3v) is 5.78. The van der Waals surface area contributed by atoms with E-state index in [0.29, 0.717) is 52.4 Å². The number of halogens is 6. The molecule has 0 spiro atoms. The average Bonchev–Trinajstić information content (AvgIpc) is 2.57. The van der Waals surface area contributed by atoms with Crippen LogP contribution in [0.15, 0.2) is 12.2 Å². The van der Waals surface area contributed by atoms with Crippen molar-refractivity contribution in [3.8, 4) is 0 Å². The van der Waals surface area contributed by atoms with Crippen molar-refractivity contribution < 1.29 is 45.7 Å². The number of esters is 1. The molecule has 1 aliphatic carbocycles. The molecule has 0 aromatic rings. The lowest BCUT2D eigenvalue weighted by Gasteiger charge is -2.48. The maximum Gasteiger partial charge on any atom is 0.429 e. The summed E-state index contributed by atoms with van der Waals surface area (Å²) in [6.45, 7) is 7.70. The first kappa shape index (κ1) is 27.7. The number of rotatable bonds is 5. The summed E-state index contributed by atoms with van der Waals surface area (Å²) in [5.41, 5.74) is -9.13. The van der Waals surface area contributed by atoms with Crippen LogP contribution in [-0.4, -0.2) is 46.3 Å². The molecule has 0 aliphatic heterocycles. The van der Waals surface area contributed by atoms with E-state index >= 15 is 0 Å². The van der Waals surface area contributed by atoms with Crippen LogP contribution in [0, 0.1) is 0 Å². The van der Waals surface area contributed by atoms with Gasteiger partial charge in [-0.05, 0) is 66.2 Å². The zero-order valence-corrected chi connectivity index (χ0v) is 18.4. The van der Waals surface area contributed by atoms with Crippen molar-refractivity contribution in [1.29, 1.82) is 0 Å². The Morgan fingerprint density at radius 2 is 1.45 bits per heavy atom. The van der Waals surface area contributed by atoms with E-state index in [1.165, 1.54) is 13.8 Å². The second-order valence-electron chi connectivity index (χ2n) is 9.07. The minimum Gasteiger partial charge on any atom is -0.459 e. The first-order valence-corrected chi connectivity index (χ1v) is 10.3. The molecule has 1 saturated carbocycles. The second-order valence-corrected chi connectivity index (χ2v) is 9.07. The molecule has 1 rings (SSSR count). The van der Waals surface area contributed by atoms with Crippen LogP contribution < -0.4 is 0 Å². The number of aliphatic hydroxyl groups is 1. The fourth-order valence-corrected chi connectivity index (χ4v) is 4.03. The Balaban J connectivity index is 3.06. The van der Waals surface area contributed by atoms with Crippen LogP contribution in [0.3, 0.4) is 0 Å². The number of carbonyl (C=O) groups excluding carboxylic acids is 1. The van der Waals surface area contributed by atoms with E-state index in [1.54, 1.807) is 0 Å². The molecule has 0 aromatic heterocycles. The fraction of sp³-hybridized carbons (Fsp3) is 0.857. The van der Waals surface area contributed by atoms with Crippen molar-refractivity contribution >= 4 is 5.97 Å². The minimum atomic E-state index is -5.98. The summed E-state index contributed by atoms with van der Waals surface area (Å²) < 4.78 is 91.1. The molecule has 0 heterocycles. The molecule has 1 aliphatic rings. The van der Waals surface area contributed by atoms with E-state index in [9.17, 15) is 36.2 Å². The van der Waals surface area contributed by atoms with Crippen LogP contribution in [0.2, 0.25) is 0 Å². The first-order chi connectivity index (χ1) is 13.9. The Morgan fingerprint density at radius 1 is 0.968 bits per heavy atom. The fourth-order valence-electron chi connectivity index (χ4n) is 4.03. The highest BCUT2D eigenvalue weighted by Crippen LogP contribution is 2.52. The molecule has 0 amide bonds. The lowest BCUT2D eigenvalue weighted by Crippen LogP contribution is -2.70. The highest BCUT2D eigenvalue weighted by Gasteiger charge is 2.78. The lowest BCUT2D eigenvalue weighted by atomic mass is 9.81. The number of alkyl halides is 6. The summed E-state index contributed by atoms with van der Waals surface area (Å²) in [6, 6.07) is 0. The van der Waals surface area contributed by atoms with Crippen LogP contribution in [0.5, 0.6) is 0 Å². The van der Waals surface area contributed by atoms with Crippen molar-refractivity contribution in [2.75, 3.05) is 0 Å². The van der Waals surface area contributed by atoms with Crippen LogP contribution in [0.4, 0.5) is 26.3 Å². The van der Waals surface area contributed by atoms with E-state index in [-0.39, 0.29) is 18.4 Å². The van der Waals surface area contributed by atoms with Gasteiger partial charge in [-0.15, -0.1) is 0 Å². The zero-order valence-electron chi connectivity index (χ0n) is 18.4. The highest BCUT2D eigenvalue weighted by molar-refractivity contribution is 5.87. The van der Waals surface area contributed by atoms with Gasteiger partial charge in [0.25, 0.3) is 5.60 Å². The molecule has 0 aromatic carbocycles. The van der Waals surface area contributed by atoms with Crippen molar-refractivity contribution in [2.24, 2.45) is 0 Å². The number of hydrogen-bond acceptors (Lipinski definition) is 4. The Hall–Kier alpha value is -1.29. The minimum absolute atomic E-state index is 0.142. The molecule has 2 unspecified atom stereocenters. The Bertz CT molecular complexity index is 627. The predicted molar refractivity (Wildman–Crippen MR) is 102 cm³/mol. The molecule has 0 radical (unpaired) electrons. The van der Waals surface area contributed by atoms with Gasteiger partial charge in [-0.1, -0.05) is 19.4 Å². The van der Waals surface area contributed by atoms with Crippen molar-refractivity contribution in [3.63, 3.8) is 0 Å². The monoisotopic (exact) mass is 462 g/mol. The number of carbonyl (C=O) groups is 1. The van der Waals surface area contributed by atoms with Gasteiger partial charge in [-0.25, -0.2) is 4.79 Å². The number of ether oxygens (including phenoxy) is 2. The molecule has 0 saturated heterocycles. The number of hydrogen-bond donors (Lipinski definition) is 1. The summed E-state index contributed by atoms with van der Waals surface area (Å²) in [7, 11) is 0. The molecule has 0 bridgehead atoms. The van der Waals surface area contributed by atoms with Crippen LogP contribution >= 0.6 is 0 Å². The largest absolute Gasteiger partial charge is 0.459 e. The van der Waals surface area contributed by atoms with Crippen LogP contribution in [-0.2, 0) is 14.3 Å². The SMILES string of the molecule is C=C(C)C(=O)OC1CCCCCC(C)(OC(C)(C)C(O)(C(F)(F)F)C(F)(F)F)CCC1. The second kappa shape index (κ2) is 9.68. The molecule has 182 valence electrons. The molecule has 10 heteroatoms. The maximum absolute atomic E-state index is 13.4. The molecule has 31 heavy (non-hydrogen) atoms.